The highest BCUT2D eigenvalue weighted by molar-refractivity contribution is 5.88. The Morgan fingerprint density at radius 1 is 1.47 bits per heavy atom. The van der Waals surface area contributed by atoms with Crippen LogP contribution in [0.1, 0.15) is 16.1 Å². The minimum atomic E-state index is -1.15. The molecule has 17 heavy (non-hydrogen) atoms. The van der Waals surface area contributed by atoms with E-state index in [4.69, 9.17) is 9.84 Å². The zero-order chi connectivity index (χ0) is 12.3. The van der Waals surface area contributed by atoms with E-state index in [2.05, 4.69) is 15.2 Å². The summed E-state index contributed by atoms with van der Waals surface area (Å²) in [6.45, 7) is 1.84. The molecule has 0 aromatic carbocycles. The molecule has 1 N–H and O–H groups in total. The summed E-state index contributed by atoms with van der Waals surface area (Å²) >= 11 is 0. The fraction of sp³-hybridized carbons (Fsp3) is 0.0909. The molecule has 0 spiro atoms. The predicted molar refractivity (Wildman–Crippen MR) is 58.0 cm³/mol. The van der Waals surface area contributed by atoms with Crippen LogP contribution in [0.4, 0.5) is 0 Å². The van der Waals surface area contributed by atoms with Crippen molar-refractivity contribution in [3.8, 4) is 11.6 Å². The van der Waals surface area contributed by atoms with Gasteiger partial charge in [0.25, 0.3) is 0 Å². The lowest BCUT2D eigenvalue weighted by atomic mass is 10.3. The van der Waals surface area contributed by atoms with Crippen LogP contribution in [0.3, 0.4) is 0 Å². The van der Waals surface area contributed by atoms with Gasteiger partial charge in [-0.05, 0) is 24.6 Å². The molecule has 2 heterocycles. The van der Waals surface area contributed by atoms with Gasteiger partial charge in [0.15, 0.2) is 11.4 Å². The summed E-state index contributed by atoms with van der Waals surface area (Å²) in [5.41, 5.74) is 0.714. The smallest absolute Gasteiger partial charge is 0.358 e. The number of carboxylic acid groups (broad SMARTS) is 1. The molecule has 0 aliphatic heterocycles. The first kappa shape index (κ1) is 11.0. The molecule has 0 saturated carbocycles. The quantitative estimate of drug-likeness (QED) is 0.864. The number of aromatic carboxylic acids is 1. The molecule has 86 valence electrons. The van der Waals surface area contributed by atoms with Gasteiger partial charge < -0.3 is 9.84 Å². The molecule has 0 saturated heterocycles. The monoisotopic (exact) mass is 231 g/mol. The maximum Gasteiger partial charge on any atom is 0.358 e. The maximum absolute atomic E-state index is 10.9. The number of carboxylic acids is 1. The molecule has 6 heteroatoms. The Kier molecular flexibility index (Phi) is 2.95. The van der Waals surface area contributed by atoms with Gasteiger partial charge in [0.05, 0.1) is 6.20 Å². The molecule has 2 aromatic rings. The number of rotatable bonds is 3. The average molecular weight is 231 g/mol. The van der Waals surface area contributed by atoms with Crippen molar-refractivity contribution >= 4 is 5.97 Å². The predicted octanol–water partition coefficient (Wildman–Crippen LogP) is 1.67. The van der Waals surface area contributed by atoms with Crippen LogP contribution in [0.5, 0.6) is 11.6 Å². The number of hydrogen-bond acceptors (Lipinski definition) is 5. The molecule has 0 aliphatic rings. The Hall–Kier alpha value is -2.50. The van der Waals surface area contributed by atoms with Crippen LogP contribution >= 0.6 is 0 Å². The van der Waals surface area contributed by atoms with Gasteiger partial charge in [0, 0.05) is 12.3 Å². The zero-order valence-electron chi connectivity index (χ0n) is 8.99. The second-order valence-electron chi connectivity index (χ2n) is 3.33. The van der Waals surface area contributed by atoms with Gasteiger partial charge in [-0.3, -0.25) is 0 Å². The van der Waals surface area contributed by atoms with Crippen molar-refractivity contribution in [2.45, 2.75) is 6.92 Å². The van der Waals surface area contributed by atoms with E-state index in [-0.39, 0.29) is 17.3 Å². The van der Waals surface area contributed by atoms with E-state index in [1.165, 1.54) is 12.3 Å². The lowest BCUT2D eigenvalue weighted by Gasteiger charge is -2.06. The molecule has 6 nitrogen and oxygen atoms in total. The van der Waals surface area contributed by atoms with Gasteiger partial charge in [0.2, 0.25) is 5.88 Å². The van der Waals surface area contributed by atoms with E-state index in [0.29, 0.717) is 0 Å². The largest absolute Gasteiger partial charge is 0.476 e. The minimum Gasteiger partial charge on any atom is -0.476 e. The Bertz CT molecular complexity index is 557. The minimum absolute atomic E-state index is 0.139. The number of aryl methyl sites for hydroxylation is 1. The summed E-state index contributed by atoms with van der Waals surface area (Å²) in [5, 5.41) is 16.4. The Morgan fingerprint density at radius 3 is 3.00 bits per heavy atom. The third-order valence-corrected chi connectivity index (χ3v) is 1.96. The maximum atomic E-state index is 10.9. The van der Waals surface area contributed by atoms with Crippen LogP contribution in [-0.4, -0.2) is 26.3 Å². The fourth-order valence-corrected chi connectivity index (χ4v) is 1.23. The first-order valence-electron chi connectivity index (χ1n) is 4.82. The number of carbonyl (C=O) groups is 1. The summed E-state index contributed by atoms with van der Waals surface area (Å²) in [6, 6.07) is 4.76. The van der Waals surface area contributed by atoms with Crippen molar-refractivity contribution in [3.05, 3.63) is 41.9 Å². The molecule has 0 radical (unpaired) electrons. The van der Waals surface area contributed by atoms with Crippen molar-refractivity contribution in [2.24, 2.45) is 0 Å². The highest BCUT2D eigenvalue weighted by Crippen LogP contribution is 2.21. The normalized spacial score (nSPS) is 9.94. The van der Waals surface area contributed by atoms with E-state index in [0.717, 1.165) is 5.56 Å². The van der Waals surface area contributed by atoms with Crippen LogP contribution in [0, 0.1) is 6.92 Å². The SMILES string of the molecule is Cc1cnnc(Oc2cccnc2C(=O)O)c1. The summed E-state index contributed by atoms with van der Waals surface area (Å²) in [7, 11) is 0. The molecule has 0 bridgehead atoms. The van der Waals surface area contributed by atoms with Gasteiger partial charge in [-0.2, -0.15) is 5.10 Å². The van der Waals surface area contributed by atoms with E-state index < -0.39 is 5.97 Å². The molecule has 0 amide bonds. The first-order valence-corrected chi connectivity index (χ1v) is 4.82. The molecular formula is C11H9N3O3. The van der Waals surface area contributed by atoms with Crippen molar-refractivity contribution in [1.82, 2.24) is 15.2 Å². The molecular weight excluding hydrogens is 222 g/mol. The van der Waals surface area contributed by atoms with Crippen LogP contribution in [0.15, 0.2) is 30.6 Å². The van der Waals surface area contributed by atoms with Gasteiger partial charge in [-0.1, -0.05) is 0 Å². The van der Waals surface area contributed by atoms with Gasteiger partial charge in [-0.15, -0.1) is 5.10 Å². The highest BCUT2D eigenvalue weighted by Gasteiger charge is 2.13. The molecule has 2 aromatic heterocycles. The summed E-state index contributed by atoms with van der Waals surface area (Å²) in [4.78, 5) is 14.6. The highest BCUT2D eigenvalue weighted by atomic mass is 16.5. The third kappa shape index (κ3) is 2.54. The lowest BCUT2D eigenvalue weighted by molar-refractivity contribution is 0.0687. The van der Waals surface area contributed by atoms with Crippen molar-refractivity contribution in [2.75, 3.05) is 0 Å². The number of nitrogens with zero attached hydrogens (tertiary/aromatic N) is 3. The van der Waals surface area contributed by atoms with E-state index in [1.54, 1.807) is 18.3 Å². The molecule has 0 atom stereocenters. The van der Waals surface area contributed by atoms with Gasteiger partial charge in [-0.25, -0.2) is 9.78 Å². The van der Waals surface area contributed by atoms with Crippen LogP contribution in [-0.2, 0) is 0 Å². The Balaban J connectivity index is 2.33. The summed E-state index contributed by atoms with van der Waals surface area (Å²) in [6.07, 6.45) is 2.96. The third-order valence-electron chi connectivity index (χ3n) is 1.96. The lowest BCUT2D eigenvalue weighted by Crippen LogP contribution is -2.03. The second kappa shape index (κ2) is 4.56. The van der Waals surface area contributed by atoms with Gasteiger partial charge in [0.1, 0.15) is 0 Å². The van der Waals surface area contributed by atoms with Crippen molar-refractivity contribution < 1.29 is 14.6 Å². The molecule has 0 unspecified atom stereocenters. The Morgan fingerprint density at radius 2 is 2.29 bits per heavy atom. The average Bonchev–Trinajstić information content (AvgIpc) is 2.29. The number of hydrogen-bond donors (Lipinski definition) is 1. The summed E-state index contributed by atoms with van der Waals surface area (Å²) in [5.74, 6) is -0.776. The first-order chi connectivity index (χ1) is 8.16. The van der Waals surface area contributed by atoms with Gasteiger partial charge >= 0.3 is 5.97 Å². The second-order valence-corrected chi connectivity index (χ2v) is 3.33. The van der Waals surface area contributed by atoms with E-state index in [9.17, 15) is 4.79 Å². The van der Waals surface area contributed by atoms with E-state index >= 15 is 0 Å². The molecule has 0 aliphatic carbocycles. The number of aromatic nitrogens is 3. The molecule has 0 fully saturated rings. The molecule has 2 rings (SSSR count). The number of ether oxygens (including phenoxy) is 1. The van der Waals surface area contributed by atoms with Crippen LogP contribution < -0.4 is 4.74 Å². The van der Waals surface area contributed by atoms with Crippen molar-refractivity contribution in [3.63, 3.8) is 0 Å². The van der Waals surface area contributed by atoms with Crippen molar-refractivity contribution in [1.29, 1.82) is 0 Å². The van der Waals surface area contributed by atoms with Crippen LogP contribution in [0.2, 0.25) is 0 Å². The topological polar surface area (TPSA) is 85.2 Å². The van der Waals surface area contributed by atoms with Crippen LogP contribution in [0.25, 0.3) is 0 Å². The zero-order valence-corrected chi connectivity index (χ0v) is 8.99. The fourth-order valence-electron chi connectivity index (χ4n) is 1.23. The number of pyridine rings is 1. The van der Waals surface area contributed by atoms with E-state index in [1.807, 2.05) is 6.92 Å². The Labute approximate surface area is 96.9 Å². The standard InChI is InChI=1S/C11H9N3O3/c1-7-5-9(14-13-6-7)17-8-3-2-4-12-10(8)11(15)16/h2-6H,1H3,(H,15,16). The summed E-state index contributed by atoms with van der Waals surface area (Å²) < 4.78 is 5.33.